The van der Waals surface area contributed by atoms with Gasteiger partial charge in [0, 0.05) is 38.3 Å². The van der Waals surface area contributed by atoms with Crippen LogP contribution >= 0.6 is 11.6 Å². The molecule has 5 nitrogen and oxygen atoms in total. The van der Waals surface area contributed by atoms with E-state index >= 15 is 0 Å². The van der Waals surface area contributed by atoms with Crippen molar-refractivity contribution >= 4 is 17.5 Å². The van der Waals surface area contributed by atoms with Crippen LogP contribution in [0.5, 0.6) is 0 Å². The lowest BCUT2D eigenvalue weighted by molar-refractivity contribution is -0.133. The summed E-state index contributed by atoms with van der Waals surface area (Å²) in [6, 6.07) is 7.75. The van der Waals surface area contributed by atoms with Crippen molar-refractivity contribution in [3.8, 4) is 0 Å². The van der Waals surface area contributed by atoms with Crippen LogP contribution in [0, 0.1) is 0 Å². The Morgan fingerprint density at radius 2 is 2.43 bits per heavy atom. The molecule has 2 rings (SSSR count). The summed E-state index contributed by atoms with van der Waals surface area (Å²) in [5, 5.41) is 7.14. The van der Waals surface area contributed by atoms with Crippen LogP contribution in [0.15, 0.2) is 24.3 Å². The number of halogens is 1. The molecule has 0 spiro atoms. The summed E-state index contributed by atoms with van der Waals surface area (Å²) in [5.41, 5.74) is 1.07. The quantitative estimate of drug-likeness (QED) is 0.771. The Labute approximate surface area is 130 Å². The van der Waals surface area contributed by atoms with Crippen molar-refractivity contribution in [2.24, 2.45) is 0 Å². The number of hydrogen-bond acceptors (Lipinski definition) is 4. The van der Waals surface area contributed by atoms with Crippen molar-refractivity contribution in [3.05, 3.63) is 34.9 Å². The third-order valence-corrected chi connectivity index (χ3v) is 3.79. The molecule has 1 aromatic carbocycles. The number of ether oxygens (including phenoxy) is 1. The second-order valence-electron chi connectivity index (χ2n) is 5.03. The summed E-state index contributed by atoms with van der Waals surface area (Å²) in [6.07, 6.45) is 0. The lowest BCUT2D eigenvalue weighted by Crippen LogP contribution is -2.51. The van der Waals surface area contributed by atoms with Gasteiger partial charge in [0.05, 0.1) is 19.2 Å². The maximum atomic E-state index is 12.4. The Hall–Kier alpha value is -1.14. The van der Waals surface area contributed by atoms with Crippen LogP contribution in [0.1, 0.15) is 11.6 Å². The topological polar surface area (TPSA) is 53.6 Å². The van der Waals surface area contributed by atoms with Crippen molar-refractivity contribution < 1.29 is 9.53 Å². The third kappa shape index (κ3) is 4.68. The summed E-state index contributed by atoms with van der Waals surface area (Å²) in [6.45, 7) is 3.90. The molecule has 0 aliphatic carbocycles. The molecule has 116 valence electrons. The zero-order valence-corrected chi connectivity index (χ0v) is 13.0. The minimum absolute atomic E-state index is 0.0363. The van der Waals surface area contributed by atoms with Gasteiger partial charge in [-0.15, -0.1) is 0 Å². The molecule has 1 amide bonds. The van der Waals surface area contributed by atoms with Gasteiger partial charge in [0.15, 0.2) is 0 Å². The van der Waals surface area contributed by atoms with Gasteiger partial charge in [-0.2, -0.15) is 0 Å². The Balaban J connectivity index is 2.00. The smallest absolute Gasteiger partial charge is 0.237 e. The molecule has 1 aromatic rings. The molecule has 0 bridgehead atoms. The maximum absolute atomic E-state index is 12.4. The van der Waals surface area contributed by atoms with E-state index in [2.05, 4.69) is 10.6 Å². The molecule has 1 atom stereocenters. The largest absolute Gasteiger partial charge is 0.383 e. The highest BCUT2D eigenvalue weighted by molar-refractivity contribution is 6.30. The molecule has 1 fully saturated rings. The molecular weight excluding hydrogens is 290 g/mol. The Morgan fingerprint density at radius 1 is 1.57 bits per heavy atom. The van der Waals surface area contributed by atoms with E-state index in [1.54, 1.807) is 7.11 Å². The first-order chi connectivity index (χ1) is 10.2. The molecule has 2 N–H and O–H groups in total. The molecule has 0 saturated carbocycles. The molecule has 1 unspecified atom stereocenters. The maximum Gasteiger partial charge on any atom is 0.237 e. The third-order valence-electron chi connectivity index (χ3n) is 3.56. The SMILES string of the molecule is COCCNCC(=O)N1CCNCC1c1cccc(Cl)c1. The van der Waals surface area contributed by atoms with Crippen molar-refractivity contribution in [2.75, 3.05) is 46.4 Å². The standard InChI is InChI=1S/C15H22ClN3O2/c1-21-8-6-18-11-15(20)19-7-5-17-10-14(19)12-3-2-4-13(16)9-12/h2-4,9,14,17-18H,5-8,10-11H2,1H3. The molecule has 0 aromatic heterocycles. The number of carbonyl (C=O) groups excluding carboxylic acids is 1. The normalized spacial score (nSPS) is 18.8. The molecule has 0 radical (unpaired) electrons. The van der Waals surface area contributed by atoms with Crippen LogP contribution in [-0.4, -0.2) is 57.2 Å². The fraction of sp³-hybridized carbons (Fsp3) is 0.533. The zero-order valence-electron chi connectivity index (χ0n) is 12.3. The molecular formula is C15H22ClN3O2. The Bertz CT molecular complexity index is 470. The fourth-order valence-electron chi connectivity index (χ4n) is 2.49. The lowest BCUT2D eigenvalue weighted by atomic mass is 10.0. The fourth-order valence-corrected chi connectivity index (χ4v) is 2.68. The number of benzene rings is 1. The van der Waals surface area contributed by atoms with Crippen LogP contribution in [0.25, 0.3) is 0 Å². The molecule has 1 heterocycles. The predicted molar refractivity (Wildman–Crippen MR) is 83.5 cm³/mol. The van der Waals surface area contributed by atoms with E-state index in [4.69, 9.17) is 16.3 Å². The second-order valence-corrected chi connectivity index (χ2v) is 5.47. The number of carbonyl (C=O) groups is 1. The van der Waals surface area contributed by atoms with Crippen LogP contribution < -0.4 is 10.6 Å². The summed E-state index contributed by atoms with van der Waals surface area (Å²) in [4.78, 5) is 14.3. The van der Waals surface area contributed by atoms with Gasteiger partial charge in [0.1, 0.15) is 0 Å². The first-order valence-electron chi connectivity index (χ1n) is 7.17. The van der Waals surface area contributed by atoms with Crippen molar-refractivity contribution in [1.82, 2.24) is 15.5 Å². The number of nitrogens with one attached hydrogen (secondary N) is 2. The van der Waals surface area contributed by atoms with E-state index in [0.29, 0.717) is 31.3 Å². The molecule has 1 aliphatic rings. The first-order valence-corrected chi connectivity index (χ1v) is 7.55. The molecule has 21 heavy (non-hydrogen) atoms. The van der Waals surface area contributed by atoms with E-state index in [0.717, 1.165) is 18.7 Å². The summed E-state index contributed by atoms with van der Waals surface area (Å²) >= 11 is 6.06. The minimum atomic E-state index is 0.0363. The number of methoxy groups -OCH3 is 1. The van der Waals surface area contributed by atoms with Crippen molar-refractivity contribution in [2.45, 2.75) is 6.04 Å². The molecule has 6 heteroatoms. The van der Waals surface area contributed by atoms with E-state index in [1.165, 1.54) is 0 Å². The van der Waals surface area contributed by atoms with Crippen LogP contribution in [0.4, 0.5) is 0 Å². The second kappa shape index (κ2) is 8.34. The van der Waals surface area contributed by atoms with Gasteiger partial charge < -0.3 is 20.3 Å². The van der Waals surface area contributed by atoms with Crippen molar-refractivity contribution in [3.63, 3.8) is 0 Å². The lowest BCUT2D eigenvalue weighted by Gasteiger charge is -2.36. The first kappa shape index (κ1) is 16.2. The van der Waals surface area contributed by atoms with Crippen LogP contribution in [0.3, 0.4) is 0 Å². The summed E-state index contributed by atoms with van der Waals surface area (Å²) < 4.78 is 4.96. The number of nitrogens with zero attached hydrogens (tertiary/aromatic N) is 1. The number of amides is 1. The van der Waals surface area contributed by atoms with Gasteiger partial charge in [0.25, 0.3) is 0 Å². The van der Waals surface area contributed by atoms with E-state index in [-0.39, 0.29) is 11.9 Å². The molecule has 1 aliphatic heterocycles. The average Bonchev–Trinajstić information content (AvgIpc) is 2.51. The van der Waals surface area contributed by atoms with E-state index in [9.17, 15) is 4.79 Å². The van der Waals surface area contributed by atoms with Crippen LogP contribution in [-0.2, 0) is 9.53 Å². The predicted octanol–water partition coefficient (Wildman–Crippen LogP) is 1.05. The number of rotatable bonds is 6. The zero-order chi connectivity index (χ0) is 15.1. The highest BCUT2D eigenvalue weighted by atomic mass is 35.5. The van der Waals surface area contributed by atoms with Crippen LogP contribution in [0.2, 0.25) is 5.02 Å². The van der Waals surface area contributed by atoms with Gasteiger partial charge >= 0.3 is 0 Å². The summed E-state index contributed by atoms with van der Waals surface area (Å²) in [7, 11) is 1.65. The van der Waals surface area contributed by atoms with Crippen molar-refractivity contribution in [1.29, 1.82) is 0 Å². The number of piperazine rings is 1. The van der Waals surface area contributed by atoms with Gasteiger partial charge in [-0.05, 0) is 17.7 Å². The van der Waals surface area contributed by atoms with Gasteiger partial charge in [0.2, 0.25) is 5.91 Å². The number of hydrogen-bond donors (Lipinski definition) is 2. The van der Waals surface area contributed by atoms with Gasteiger partial charge in [-0.1, -0.05) is 23.7 Å². The summed E-state index contributed by atoms with van der Waals surface area (Å²) in [5.74, 6) is 0.109. The van der Waals surface area contributed by atoms with Gasteiger partial charge in [-0.3, -0.25) is 4.79 Å². The van der Waals surface area contributed by atoms with E-state index in [1.807, 2.05) is 29.2 Å². The van der Waals surface area contributed by atoms with E-state index < -0.39 is 0 Å². The Kier molecular flexibility index (Phi) is 6.45. The monoisotopic (exact) mass is 311 g/mol. The van der Waals surface area contributed by atoms with Gasteiger partial charge in [-0.25, -0.2) is 0 Å². The minimum Gasteiger partial charge on any atom is -0.383 e. The Morgan fingerprint density at radius 3 is 3.19 bits per heavy atom. The highest BCUT2D eigenvalue weighted by Gasteiger charge is 2.27. The molecule has 1 saturated heterocycles. The highest BCUT2D eigenvalue weighted by Crippen LogP contribution is 2.24. The average molecular weight is 312 g/mol.